The highest BCUT2D eigenvalue weighted by molar-refractivity contribution is 5.92. The summed E-state index contributed by atoms with van der Waals surface area (Å²) >= 11 is 0. The zero-order chi connectivity index (χ0) is 19.1. The van der Waals surface area contributed by atoms with Crippen LogP contribution in [0.15, 0.2) is 42.5 Å². The maximum absolute atomic E-state index is 12.2. The van der Waals surface area contributed by atoms with Gasteiger partial charge in [0.25, 0.3) is 5.91 Å². The number of rotatable bonds is 7. The molecule has 0 unspecified atom stereocenters. The van der Waals surface area contributed by atoms with Crippen LogP contribution in [-0.2, 0) is 4.79 Å². The summed E-state index contributed by atoms with van der Waals surface area (Å²) in [5, 5.41) is 11.8. The number of ether oxygens (including phenoxy) is 2. The van der Waals surface area contributed by atoms with Gasteiger partial charge in [0.1, 0.15) is 0 Å². The molecule has 1 heterocycles. The van der Waals surface area contributed by atoms with Gasteiger partial charge in [0.15, 0.2) is 18.1 Å². The highest BCUT2D eigenvalue weighted by atomic mass is 16.5. The van der Waals surface area contributed by atoms with Crippen molar-refractivity contribution in [3.8, 4) is 17.6 Å². The predicted octanol–water partition coefficient (Wildman–Crippen LogP) is 3.57. The third kappa shape index (κ3) is 4.91. The van der Waals surface area contributed by atoms with Crippen LogP contribution in [0.5, 0.6) is 11.5 Å². The fraction of sp³-hybridized carbons (Fsp3) is 0.333. The SMILES string of the molecule is CCOc1cc(C#N)ccc1OCC(=O)Nc1ccc(N2CCCC2)cc1. The largest absolute Gasteiger partial charge is 0.490 e. The van der Waals surface area contributed by atoms with Crippen LogP contribution in [0.2, 0.25) is 0 Å². The summed E-state index contributed by atoms with van der Waals surface area (Å²) in [5.74, 6) is 0.644. The van der Waals surface area contributed by atoms with E-state index >= 15 is 0 Å². The number of hydrogen-bond donors (Lipinski definition) is 1. The molecule has 140 valence electrons. The molecular formula is C21H23N3O3. The van der Waals surface area contributed by atoms with E-state index in [4.69, 9.17) is 14.7 Å². The first kappa shape index (κ1) is 18.6. The van der Waals surface area contributed by atoms with E-state index in [9.17, 15) is 4.79 Å². The Morgan fingerprint density at radius 3 is 2.52 bits per heavy atom. The van der Waals surface area contributed by atoms with Gasteiger partial charge in [-0.05, 0) is 56.2 Å². The lowest BCUT2D eigenvalue weighted by Crippen LogP contribution is -2.21. The first-order valence-corrected chi connectivity index (χ1v) is 9.14. The Kier molecular flexibility index (Phi) is 6.16. The summed E-state index contributed by atoms with van der Waals surface area (Å²) < 4.78 is 11.1. The topological polar surface area (TPSA) is 74.6 Å². The second-order valence-electron chi connectivity index (χ2n) is 6.28. The molecule has 0 saturated carbocycles. The van der Waals surface area contributed by atoms with Crippen molar-refractivity contribution in [2.24, 2.45) is 0 Å². The van der Waals surface area contributed by atoms with Gasteiger partial charge in [0, 0.05) is 30.5 Å². The normalized spacial score (nSPS) is 13.1. The first-order chi connectivity index (χ1) is 13.2. The van der Waals surface area contributed by atoms with E-state index in [0.29, 0.717) is 23.7 Å². The number of amides is 1. The van der Waals surface area contributed by atoms with Crippen LogP contribution in [0.1, 0.15) is 25.3 Å². The summed E-state index contributed by atoms with van der Waals surface area (Å²) in [4.78, 5) is 14.5. The molecule has 1 fully saturated rings. The highest BCUT2D eigenvalue weighted by Gasteiger charge is 2.13. The Balaban J connectivity index is 1.56. The smallest absolute Gasteiger partial charge is 0.262 e. The zero-order valence-corrected chi connectivity index (χ0v) is 15.4. The molecule has 1 amide bonds. The molecular weight excluding hydrogens is 342 g/mol. The van der Waals surface area contributed by atoms with Gasteiger partial charge in [0.05, 0.1) is 18.2 Å². The van der Waals surface area contributed by atoms with E-state index in [1.54, 1.807) is 18.2 Å². The van der Waals surface area contributed by atoms with Gasteiger partial charge >= 0.3 is 0 Å². The molecule has 1 aliphatic rings. The van der Waals surface area contributed by atoms with E-state index in [-0.39, 0.29) is 12.5 Å². The van der Waals surface area contributed by atoms with Crippen molar-refractivity contribution in [2.75, 3.05) is 36.5 Å². The fourth-order valence-electron chi connectivity index (χ4n) is 3.04. The van der Waals surface area contributed by atoms with Gasteiger partial charge in [-0.1, -0.05) is 0 Å². The molecule has 6 nitrogen and oxygen atoms in total. The molecule has 0 bridgehead atoms. The van der Waals surface area contributed by atoms with Crippen molar-refractivity contribution < 1.29 is 14.3 Å². The van der Waals surface area contributed by atoms with Crippen LogP contribution in [0.4, 0.5) is 11.4 Å². The number of nitrogens with one attached hydrogen (secondary N) is 1. The van der Waals surface area contributed by atoms with E-state index in [1.165, 1.54) is 18.5 Å². The maximum atomic E-state index is 12.2. The summed E-state index contributed by atoms with van der Waals surface area (Å²) in [6, 6.07) is 14.8. The Bertz CT molecular complexity index is 822. The summed E-state index contributed by atoms with van der Waals surface area (Å²) in [6.07, 6.45) is 2.46. The van der Waals surface area contributed by atoms with Crippen molar-refractivity contribution in [3.63, 3.8) is 0 Å². The minimum Gasteiger partial charge on any atom is -0.490 e. The van der Waals surface area contributed by atoms with E-state index in [2.05, 4.69) is 16.3 Å². The maximum Gasteiger partial charge on any atom is 0.262 e. The molecule has 2 aromatic rings. The molecule has 0 spiro atoms. The van der Waals surface area contributed by atoms with Crippen molar-refractivity contribution in [2.45, 2.75) is 19.8 Å². The minimum atomic E-state index is -0.254. The molecule has 0 atom stereocenters. The highest BCUT2D eigenvalue weighted by Crippen LogP contribution is 2.28. The minimum absolute atomic E-state index is 0.139. The van der Waals surface area contributed by atoms with Gasteiger partial charge in [0.2, 0.25) is 0 Å². The molecule has 27 heavy (non-hydrogen) atoms. The monoisotopic (exact) mass is 365 g/mol. The molecule has 0 radical (unpaired) electrons. The number of hydrogen-bond acceptors (Lipinski definition) is 5. The van der Waals surface area contributed by atoms with Gasteiger partial charge in [-0.15, -0.1) is 0 Å². The number of benzene rings is 2. The molecule has 1 aliphatic heterocycles. The second-order valence-corrected chi connectivity index (χ2v) is 6.28. The zero-order valence-electron chi connectivity index (χ0n) is 15.4. The van der Waals surface area contributed by atoms with E-state index < -0.39 is 0 Å². The van der Waals surface area contributed by atoms with Gasteiger partial charge in [-0.3, -0.25) is 4.79 Å². The number of anilines is 2. The molecule has 0 aliphatic carbocycles. The Labute approximate surface area is 159 Å². The Morgan fingerprint density at radius 2 is 1.85 bits per heavy atom. The molecule has 3 rings (SSSR count). The third-order valence-corrected chi connectivity index (χ3v) is 4.35. The summed E-state index contributed by atoms with van der Waals surface area (Å²) in [5.41, 5.74) is 2.39. The summed E-state index contributed by atoms with van der Waals surface area (Å²) in [6.45, 7) is 4.33. The second kappa shape index (κ2) is 8.95. The number of carbonyl (C=O) groups excluding carboxylic acids is 1. The Hall–Kier alpha value is -3.20. The van der Waals surface area contributed by atoms with Crippen molar-refractivity contribution in [1.29, 1.82) is 5.26 Å². The number of carbonyl (C=O) groups is 1. The van der Waals surface area contributed by atoms with Crippen LogP contribution in [-0.4, -0.2) is 32.2 Å². The van der Waals surface area contributed by atoms with Crippen molar-refractivity contribution in [3.05, 3.63) is 48.0 Å². The van der Waals surface area contributed by atoms with E-state index in [1.807, 2.05) is 31.2 Å². The number of nitrogens with zero attached hydrogens (tertiary/aromatic N) is 2. The van der Waals surface area contributed by atoms with Crippen LogP contribution in [0.3, 0.4) is 0 Å². The first-order valence-electron chi connectivity index (χ1n) is 9.14. The van der Waals surface area contributed by atoms with Gasteiger partial charge in [-0.2, -0.15) is 5.26 Å². The van der Waals surface area contributed by atoms with Crippen LogP contribution in [0.25, 0.3) is 0 Å². The lowest BCUT2D eigenvalue weighted by molar-refractivity contribution is -0.118. The third-order valence-electron chi connectivity index (χ3n) is 4.35. The molecule has 1 saturated heterocycles. The van der Waals surface area contributed by atoms with Crippen molar-refractivity contribution in [1.82, 2.24) is 0 Å². The number of nitriles is 1. The molecule has 0 aromatic heterocycles. The predicted molar refractivity (Wildman–Crippen MR) is 104 cm³/mol. The van der Waals surface area contributed by atoms with Crippen LogP contribution < -0.4 is 19.7 Å². The fourth-order valence-corrected chi connectivity index (χ4v) is 3.04. The van der Waals surface area contributed by atoms with Crippen LogP contribution in [0, 0.1) is 11.3 Å². The quantitative estimate of drug-likeness (QED) is 0.812. The molecule has 6 heteroatoms. The van der Waals surface area contributed by atoms with Gasteiger partial charge in [-0.25, -0.2) is 0 Å². The molecule has 2 aromatic carbocycles. The summed E-state index contributed by atoms with van der Waals surface area (Å²) in [7, 11) is 0. The van der Waals surface area contributed by atoms with E-state index in [0.717, 1.165) is 18.8 Å². The average molecular weight is 365 g/mol. The van der Waals surface area contributed by atoms with Crippen molar-refractivity contribution >= 4 is 17.3 Å². The molecule has 1 N–H and O–H groups in total. The lowest BCUT2D eigenvalue weighted by atomic mass is 10.2. The average Bonchev–Trinajstić information content (AvgIpc) is 3.22. The standard InChI is InChI=1S/C21H23N3O3/c1-2-26-20-13-16(14-22)5-10-19(20)27-15-21(25)23-17-6-8-18(9-7-17)24-11-3-4-12-24/h5-10,13H,2-4,11-12,15H2,1H3,(H,23,25). The van der Waals surface area contributed by atoms with Gasteiger partial charge < -0.3 is 19.7 Å². The van der Waals surface area contributed by atoms with Crippen LogP contribution >= 0.6 is 0 Å². The Morgan fingerprint density at radius 1 is 1.11 bits per heavy atom. The lowest BCUT2D eigenvalue weighted by Gasteiger charge is -2.18.